The maximum Gasteiger partial charge on any atom is 0.268 e. The van der Waals surface area contributed by atoms with Crippen LogP contribution in [0.5, 0.6) is 5.75 Å². The third-order valence-electron chi connectivity index (χ3n) is 5.27. The molecule has 2 N–H and O–H groups in total. The van der Waals surface area contributed by atoms with Crippen LogP contribution in [0.4, 0.5) is 11.4 Å². The largest absolute Gasteiger partial charge is 0.494 e. The first kappa shape index (κ1) is 23.1. The summed E-state index contributed by atoms with van der Waals surface area (Å²) in [5.41, 5.74) is 1.69. The minimum atomic E-state index is -0.458. The van der Waals surface area contributed by atoms with E-state index in [9.17, 15) is 14.4 Å². The molecule has 0 fully saturated rings. The van der Waals surface area contributed by atoms with Gasteiger partial charge in [0, 0.05) is 5.56 Å². The molecule has 1 aliphatic heterocycles. The average Bonchev–Trinajstić information content (AvgIpc) is 3.10. The monoisotopic (exact) mass is 473 g/mol. The number of carbonyl (C=O) groups excluding carboxylic acids is 3. The highest BCUT2D eigenvalue weighted by Gasteiger charge is 2.38. The molecular weight excluding hydrogens is 450 g/mol. The number of fused-ring (bicyclic) bond motifs is 1. The Morgan fingerprint density at radius 1 is 0.971 bits per heavy atom. The van der Waals surface area contributed by atoms with Crippen molar-refractivity contribution in [1.82, 2.24) is 5.32 Å². The van der Waals surface area contributed by atoms with Crippen LogP contribution in [0.25, 0.3) is 0 Å². The van der Waals surface area contributed by atoms with Gasteiger partial charge in [-0.15, -0.1) is 0 Å². The molecule has 0 aliphatic carbocycles. The minimum absolute atomic E-state index is 0.00844. The van der Waals surface area contributed by atoms with E-state index in [-0.39, 0.29) is 16.2 Å². The van der Waals surface area contributed by atoms with Crippen molar-refractivity contribution >= 4 is 46.4 Å². The van der Waals surface area contributed by atoms with Crippen molar-refractivity contribution in [2.45, 2.75) is 19.8 Å². The highest BCUT2D eigenvalue weighted by Crippen LogP contribution is 2.32. The number of thiocarbonyl (C=S) groups is 1. The molecule has 3 amide bonds. The molecule has 0 aromatic heterocycles. The van der Waals surface area contributed by atoms with E-state index in [2.05, 4.69) is 17.6 Å². The molecule has 7 nitrogen and oxygen atoms in total. The summed E-state index contributed by atoms with van der Waals surface area (Å²) in [6.45, 7) is 2.65. The zero-order chi connectivity index (χ0) is 24.1. The van der Waals surface area contributed by atoms with Gasteiger partial charge in [0.15, 0.2) is 5.11 Å². The Morgan fingerprint density at radius 2 is 1.74 bits per heavy atom. The molecule has 0 bridgehead atoms. The number of carbonyl (C=O) groups is 3. The number of anilines is 2. The molecule has 0 spiro atoms. The molecule has 0 atom stereocenters. The topological polar surface area (TPSA) is 87.7 Å². The molecule has 1 heterocycles. The van der Waals surface area contributed by atoms with Crippen LogP contribution in [0.1, 0.15) is 50.8 Å². The molecule has 3 aromatic carbocycles. The number of imide groups is 1. The normalized spacial score (nSPS) is 12.3. The number of ether oxygens (including phenoxy) is 1. The Labute approximate surface area is 202 Å². The zero-order valence-electron chi connectivity index (χ0n) is 18.5. The van der Waals surface area contributed by atoms with E-state index in [4.69, 9.17) is 17.0 Å². The van der Waals surface area contributed by atoms with Gasteiger partial charge in [0.05, 0.1) is 29.1 Å². The van der Waals surface area contributed by atoms with E-state index in [1.165, 1.54) is 0 Å². The first-order chi connectivity index (χ1) is 16.5. The fraction of sp³-hybridized carbons (Fsp3) is 0.154. The Kier molecular flexibility index (Phi) is 6.98. The number of nitrogens with zero attached hydrogens (tertiary/aromatic N) is 1. The molecule has 3 aromatic rings. The molecule has 0 unspecified atom stereocenters. The van der Waals surface area contributed by atoms with Gasteiger partial charge in [-0.3, -0.25) is 19.7 Å². The summed E-state index contributed by atoms with van der Waals surface area (Å²) in [6.07, 6.45) is 1.94. The molecule has 0 radical (unpaired) electrons. The molecular formula is C26H23N3O4S. The van der Waals surface area contributed by atoms with Crippen LogP contribution in [0.2, 0.25) is 0 Å². The van der Waals surface area contributed by atoms with Gasteiger partial charge in [0.25, 0.3) is 17.7 Å². The number of nitrogens with one attached hydrogen (secondary N) is 2. The lowest BCUT2D eigenvalue weighted by molar-refractivity contribution is 0.0924. The lowest BCUT2D eigenvalue weighted by Crippen LogP contribution is -2.34. The van der Waals surface area contributed by atoms with Crippen LogP contribution in [0.3, 0.4) is 0 Å². The maximum atomic E-state index is 13.1. The Morgan fingerprint density at radius 3 is 2.50 bits per heavy atom. The summed E-state index contributed by atoms with van der Waals surface area (Å²) >= 11 is 5.31. The van der Waals surface area contributed by atoms with Gasteiger partial charge in [0.2, 0.25) is 0 Å². The number of para-hydroxylation sites is 1. The molecule has 0 saturated carbocycles. The number of hydrogen-bond donors (Lipinski definition) is 2. The average molecular weight is 474 g/mol. The van der Waals surface area contributed by atoms with Crippen molar-refractivity contribution in [2.24, 2.45) is 0 Å². The van der Waals surface area contributed by atoms with E-state index >= 15 is 0 Å². The molecule has 172 valence electrons. The smallest absolute Gasteiger partial charge is 0.268 e. The number of amides is 3. The minimum Gasteiger partial charge on any atom is -0.494 e. The van der Waals surface area contributed by atoms with Crippen molar-refractivity contribution in [2.75, 3.05) is 16.8 Å². The quantitative estimate of drug-likeness (QED) is 0.291. The van der Waals surface area contributed by atoms with Crippen LogP contribution in [-0.4, -0.2) is 29.4 Å². The van der Waals surface area contributed by atoms with E-state index < -0.39 is 17.7 Å². The predicted octanol–water partition coefficient (Wildman–Crippen LogP) is 4.79. The van der Waals surface area contributed by atoms with E-state index in [0.717, 1.165) is 17.7 Å². The van der Waals surface area contributed by atoms with Crippen molar-refractivity contribution in [3.63, 3.8) is 0 Å². The second-order valence-corrected chi connectivity index (χ2v) is 8.06. The number of rotatable bonds is 7. The summed E-state index contributed by atoms with van der Waals surface area (Å²) < 4.78 is 5.65. The lowest BCUT2D eigenvalue weighted by atomic mass is 10.1. The highest BCUT2D eigenvalue weighted by molar-refractivity contribution is 7.80. The van der Waals surface area contributed by atoms with Gasteiger partial charge in [-0.25, -0.2) is 4.90 Å². The first-order valence-corrected chi connectivity index (χ1v) is 11.3. The van der Waals surface area contributed by atoms with Gasteiger partial charge >= 0.3 is 0 Å². The van der Waals surface area contributed by atoms with Crippen molar-refractivity contribution in [3.8, 4) is 5.75 Å². The maximum absolute atomic E-state index is 13.1. The third-order valence-corrected chi connectivity index (χ3v) is 5.47. The van der Waals surface area contributed by atoms with Crippen molar-refractivity contribution in [1.29, 1.82) is 0 Å². The van der Waals surface area contributed by atoms with Gasteiger partial charge in [-0.2, -0.15) is 0 Å². The van der Waals surface area contributed by atoms with Crippen LogP contribution in [-0.2, 0) is 0 Å². The third kappa shape index (κ3) is 4.82. The van der Waals surface area contributed by atoms with Gasteiger partial charge < -0.3 is 10.1 Å². The second kappa shape index (κ2) is 10.3. The lowest BCUT2D eigenvalue weighted by Gasteiger charge is -2.14. The fourth-order valence-corrected chi connectivity index (χ4v) is 3.79. The van der Waals surface area contributed by atoms with Gasteiger partial charge in [0.1, 0.15) is 5.75 Å². The Balaban J connectivity index is 1.48. The number of unbranched alkanes of at least 4 members (excludes halogenated alkanes) is 1. The fourth-order valence-electron chi connectivity index (χ4n) is 3.59. The predicted molar refractivity (Wildman–Crippen MR) is 135 cm³/mol. The summed E-state index contributed by atoms with van der Waals surface area (Å²) in [5.74, 6) is -0.685. The summed E-state index contributed by atoms with van der Waals surface area (Å²) in [6, 6.07) is 20.4. The van der Waals surface area contributed by atoms with E-state index in [1.54, 1.807) is 66.7 Å². The number of benzene rings is 3. The summed E-state index contributed by atoms with van der Waals surface area (Å²) in [4.78, 5) is 39.8. The highest BCUT2D eigenvalue weighted by atomic mass is 32.1. The van der Waals surface area contributed by atoms with Crippen molar-refractivity contribution < 1.29 is 19.1 Å². The van der Waals surface area contributed by atoms with Crippen molar-refractivity contribution in [3.05, 3.63) is 89.5 Å². The second-order valence-electron chi connectivity index (χ2n) is 7.65. The molecule has 4 rings (SSSR count). The summed E-state index contributed by atoms with van der Waals surface area (Å²) in [7, 11) is 0. The SMILES string of the molecule is CCCCOc1cccc(C(=O)NC(=S)Nc2cccc3c2C(=O)N(c2ccccc2)C3=O)c1. The van der Waals surface area contributed by atoms with Crippen LogP contribution in [0.15, 0.2) is 72.8 Å². The zero-order valence-corrected chi connectivity index (χ0v) is 19.4. The van der Waals surface area contributed by atoms with Gasteiger partial charge in [-0.1, -0.05) is 43.7 Å². The Bertz CT molecular complexity index is 1260. The van der Waals surface area contributed by atoms with Crippen LogP contribution in [0, 0.1) is 0 Å². The standard InChI is InChI=1S/C26H23N3O4S/c1-2-3-15-33-19-12-7-9-17(16-19)23(30)28-26(34)27-21-14-8-13-20-22(21)25(32)29(24(20)31)18-10-5-4-6-11-18/h4-14,16H,2-3,15H2,1H3,(H2,27,28,30,34). The molecule has 34 heavy (non-hydrogen) atoms. The van der Waals surface area contributed by atoms with Crippen LogP contribution < -0.4 is 20.3 Å². The van der Waals surface area contributed by atoms with E-state index in [0.29, 0.717) is 29.3 Å². The molecule has 8 heteroatoms. The van der Waals surface area contributed by atoms with E-state index in [1.807, 2.05) is 6.07 Å². The van der Waals surface area contributed by atoms with Crippen LogP contribution >= 0.6 is 12.2 Å². The molecule has 1 aliphatic rings. The molecule has 0 saturated heterocycles. The number of hydrogen-bond acceptors (Lipinski definition) is 5. The first-order valence-electron chi connectivity index (χ1n) is 10.9. The van der Waals surface area contributed by atoms with Gasteiger partial charge in [-0.05, 0) is 61.1 Å². The Hall–Kier alpha value is -4.04. The summed E-state index contributed by atoms with van der Waals surface area (Å²) in [5, 5.41) is 5.51.